The average Bonchev–Trinajstić information content (AvgIpc) is 3.04. The normalized spacial score (nSPS) is 15.0. The Morgan fingerprint density at radius 3 is 2.87 bits per heavy atom. The van der Waals surface area contributed by atoms with Crippen molar-refractivity contribution in [2.45, 2.75) is 46.8 Å². The molecule has 0 unspecified atom stereocenters. The molecule has 3 heterocycles. The summed E-state index contributed by atoms with van der Waals surface area (Å²) in [7, 11) is 0. The lowest BCUT2D eigenvalue weighted by Crippen LogP contribution is -2.39. The molecule has 2 aromatic rings. The Labute approximate surface area is 136 Å². The molecule has 0 fully saturated rings. The Hall–Kier alpha value is -2.15. The first-order valence-corrected chi connectivity index (χ1v) is 8.04. The number of nitrogens with one attached hydrogen (secondary N) is 1. The van der Waals surface area contributed by atoms with Crippen molar-refractivity contribution < 1.29 is 4.79 Å². The van der Waals surface area contributed by atoms with Gasteiger partial charge < -0.3 is 9.88 Å². The third-order valence-corrected chi connectivity index (χ3v) is 4.34. The van der Waals surface area contributed by atoms with Crippen molar-refractivity contribution in [2.75, 3.05) is 18.4 Å². The number of aryl methyl sites for hydroxylation is 1. The Morgan fingerprint density at radius 1 is 1.35 bits per heavy atom. The topological polar surface area (TPSA) is 68.0 Å². The molecular formula is C16H24N6O. The van der Waals surface area contributed by atoms with Gasteiger partial charge in [0.25, 0.3) is 0 Å². The van der Waals surface area contributed by atoms with Crippen LogP contribution in [0, 0.1) is 13.8 Å². The predicted molar refractivity (Wildman–Crippen MR) is 88.2 cm³/mol. The van der Waals surface area contributed by atoms with Crippen molar-refractivity contribution in [2.24, 2.45) is 0 Å². The summed E-state index contributed by atoms with van der Waals surface area (Å²) < 4.78 is 4.06. The van der Waals surface area contributed by atoms with Crippen molar-refractivity contribution >= 4 is 11.7 Å². The van der Waals surface area contributed by atoms with Crippen LogP contribution in [-0.4, -0.2) is 43.2 Å². The lowest BCUT2D eigenvalue weighted by atomic mass is 10.3. The minimum Gasteiger partial charge on any atom is -0.330 e. The van der Waals surface area contributed by atoms with E-state index in [1.807, 2.05) is 31.5 Å². The van der Waals surface area contributed by atoms with Crippen molar-refractivity contribution in [3.8, 4) is 0 Å². The van der Waals surface area contributed by atoms with Gasteiger partial charge in [0, 0.05) is 30.9 Å². The maximum Gasteiger partial charge on any atom is 0.239 e. The number of carbonyl (C=O) groups is 1. The highest BCUT2D eigenvalue weighted by atomic mass is 16.2. The zero-order chi connectivity index (χ0) is 16.6. The van der Waals surface area contributed by atoms with Crippen molar-refractivity contribution in [1.29, 1.82) is 0 Å². The second kappa shape index (κ2) is 6.16. The van der Waals surface area contributed by atoms with Crippen LogP contribution in [0.1, 0.15) is 37.1 Å². The zero-order valence-electron chi connectivity index (χ0n) is 14.2. The number of amides is 1. The largest absolute Gasteiger partial charge is 0.330 e. The number of fused-ring (bicyclic) bond motifs is 1. The Balaban J connectivity index is 1.62. The standard InChI is InChI=1S/C16H24N6O/c1-11(2)22-14(5-6-17-22)19-16(23)10-20-7-8-21-13(4)12(3)18-15(21)9-20/h5-6,11H,7-10H2,1-4H3,(H,19,23). The molecule has 0 bridgehead atoms. The van der Waals surface area contributed by atoms with Gasteiger partial charge in [0.2, 0.25) is 5.91 Å². The summed E-state index contributed by atoms with van der Waals surface area (Å²) in [4.78, 5) is 19.0. The summed E-state index contributed by atoms with van der Waals surface area (Å²) in [5.41, 5.74) is 2.30. The summed E-state index contributed by atoms with van der Waals surface area (Å²) in [5.74, 6) is 1.78. The summed E-state index contributed by atoms with van der Waals surface area (Å²) in [6.45, 7) is 11.0. The van der Waals surface area contributed by atoms with Gasteiger partial charge in [-0.05, 0) is 27.7 Å². The summed E-state index contributed by atoms with van der Waals surface area (Å²) in [6.07, 6.45) is 1.71. The average molecular weight is 316 g/mol. The molecule has 0 saturated heterocycles. The second-order valence-electron chi connectivity index (χ2n) is 6.36. The van der Waals surface area contributed by atoms with Crippen LogP contribution in [-0.2, 0) is 17.9 Å². The zero-order valence-corrected chi connectivity index (χ0v) is 14.2. The number of carbonyl (C=O) groups excluding carboxylic acids is 1. The van der Waals surface area contributed by atoms with Crippen LogP contribution in [0.4, 0.5) is 5.82 Å². The summed E-state index contributed by atoms with van der Waals surface area (Å²) >= 11 is 0. The molecular weight excluding hydrogens is 292 g/mol. The van der Waals surface area contributed by atoms with Gasteiger partial charge in [-0.1, -0.05) is 0 Å². The van der Waals surface area contributed by atoms with Crippen LogP contribution in [0.3, 0.4) is 0 Å². The molecule has 3 rings (SSSR count). The first-order chi connectivity index (χ1) is 11.0. The van der Waals surface area contributed by atoms with Gasteiger partial charge in [-0.15, -0.1) is 0 Å². The number of hydrogen-bond acceptors (Lipinski definition) is 4. The lowest BCUT2D eigenvalue weighted by molar-refractivity contribution is -0.117. The first-order valence-electron chi connectivity index (χ1n) is 8.04. The minimum absolute atomic E-state index is 0.0131. The molecule has 0 aliphatic carbocycles. The highest BCUT2D eigenvalue weighted by molar-refractivity contribution is 5.91. The molecule has 1 amide bonds. The van der Waals surface area contributed by atoms with Gasteiger partial charge in [-0.2, -0.15) is 5.10 Å². The number of rotatable bonds is 4. The molecule has 0 atom stereocenters. The van der Waals surface area contributed by atoms with E-state index in [0.29, 0.717) is 13.1 Å². The van der Waals surface area contributed by atoms with Gasteiger partial charge in [0.1, 0.15) is 11.6 Å². The molecule has 1 N–H and O–H groups in total. The first kappa shape index (κ1) is 15.7. The molecule has 7 heteroatoms. The van der Waals surface area contributed by atoms with E-state index >= 15 is 0 Å². The molecule has 0 spiro atoms. The van der Waals surface area contributed by atoms with E-state index in [2.05, 4.69) is 31.8 Å². The third kappa shape index (κ3) is 3.14. The Morgan fingerprint density at radius 2 is 2.13 bits per heavy atom. The number of aromatic nitrogens is 4. The van der Waals surface area contributed by atoms with Gasteiger partial charge in [-0.25, -0.2) is 9.67 Å². The van der Waals surface area contributed by atoms with E-state index in [4.69, 9.17) is 0 Å². The molecule has 1 aliphatic rings. The van der Waals surface area contributed by atoms with Crippen LogP contribution < -0.4 is 5.32 Å². The van der Waals surface area contributed by atoms with Crippen LogP contribution in [0.25, 0.3) is 0 Å². The molecule has 7 nitrogen and oxygen atoms in total. The van der Waals surface area contributed by atoms with E-state index in [-0.39, 0.29) is 11.9 Å². The van der Waals surface area contributed by atoms with E-state index in [9.17, 15) is 4.79 Å². The van der Waals surface area contributed by atoms with Crippen LogP contribution in [0.5, 0.6) is 0 Å². The smallest absolute Gasteiger partial charge is 0.239 e. The molecule has 23 heavy (non-hydrogen) atoms. The van der Waals surface area contributed by atoms with Crippen molar-refractivity contribution in [1.82, 2.24) is 24.2 Å². The molecule has 0 aromatic carbocycles. The fraction of sp³-hybridized carbons (Fsp3) is 0.562. The number of nitrogens with zero attached hydrogens (tertiary/aromatic N) is 5. The maximum absolute atomic E-state index is 12.3. The summed E-state index contributed by atoms with van der Waals surface area (Å²) in [5, 5.41) is 7.19. The van der Waals surface area contributed by atoms with Crippen LogP contribution in [0.2, 0.25) is 0 Å². The highest BCUT2D eigenvalue weighted by Crippen LogP contribution is 2.17. The van der Waals surface area contributed by atoms with Gasteiger partial charge in [0.05, 0.1) is 25.0 Å². The van der Waals surface area contributed by atoms with Crippen LogP contribution in [0.15, 0.2) is 12.3 Å². The fourth-order valence-corrected chi connectivity index (χ4v) is 3.01. The molecule has 0 radical (unpaired) electrons. The SMILES string of the molecule is Cc1nc2n(c1C)CCN(CC(=O)Nc1ccnn1C(C)C)C2. The number of hydrogen-bond donors (Lipinski definition) is 1. The molecule has 124 valence electrons. The third-order valence-electron chi connectivity index (χ3n) is 4.34. The quantitative estimate of drug-likeness (QED) is 0.933. The molecule has 1 aliphatic heterocycles. The maximum atomic E-state index is 12.3. The van der Waals surface area contributed by atoms with Gasteiger partial charge in [-0.3, -0.25) is 9.69 Å². The number of imidazole rings is 1. The van der Waals surface area contributed by atoms with Gasteiger partial charge in [0.15, 0.2) is 0 Å². The lowest BCUT2D eigenvalue weighted by Gasteiger charge is -2.27. The van der Waals surface area contributed by atoms with E-state index in [0.717, 1.165) is 30.4 Å². The van der Waals surface area contributed by atoms with Crippen molar-refractivity contribution in [3.05, 3.63) is 29.5 Å². The highest BCUT2D eigenvalue weighted by Gasteiger charge is 2.22. The second-order valence-corrected chi connectivity index (χ2v) is 6.36. The molecule has 0 saturated carbocycles. The van der Waals surface area contributed by atoms with E-state index in [1.165, 1.54) is 5.69 Å². The Kier molecular flexibility index (Phi) is 4.21. The summed E-state index contributed by atoms with van der Waals surface area (Å²) in [6, 6.07) is 2.04. The monoisotopic (exact) mass is 316 g/mol. The Bertz CT molecular complexity index is 714. The predicted octanol–water partition coefficient (Wildman–Crippen LogP) is 1.73. The minimum atomic E-state index is -0.0131. The number of anilines is 1. The molecule has 2 aromatic heterocycles. The van der Waals surface area contributed by atoms with Gasteiger partial charge >= 0.3 is 0 Å². The van der Waals surface area contributed by atoms with E-state index < -0.39 is 0 Å². The van der Waals surface area contributed by atoms with Crippen molar-refractivity contribution in [3.63, 3.8) is 0 Å². The van der Waals surface area contributed by atoms with E-state index in [1.54, 1.807) is 6.20 Å². The van der Waals surface area contributed by atoms with Crippen LogP contribution >= 0.6 is 0 Å². The fourth-order valence-electron chi connectivity index (χ4n) is 3.01.